The molecule has 1 aliphatic heterocycles. The Morgan fingerprint density at radius 3 is 2.50 bits per heavy atom. The van der Waals surface area contributed by atoms with Crippen molar-refractivity contribution in [2.45, 2.75) is 69.9 Å². The Balaban J connectivity index is 1.41. The van der Waals surface area contributed by atoms with E-state index in [1.165, 1.54) is 19.3 Å². The van der Waals surface area contributed by atoms with Crippen LogP contribution < -0.4 is 14.8 Å². The molecule has 5 rings (SSSR count). The number of rotatable bonds is 11. The predicted octanol–water partition coefficient (Wildman–Crippen LogP) is 4.02. The van der Waals surface area contributed by atoms with Gasteiger partial charge in [0.25, 0.3) is 5.91 Å². The molecule has 10 heteroatoms. The van der Waals surface area contributed by atoms with E-state index >= 15 is 0 Å². The van der Waals surface area contributed by atoms with E-state index in [0.29, 0.717) is 23.6 Å². The highest BCUT2D eigenvalue weighted by atomic mass is 16.5. The smallest absolute Gasteiger partial charge is 0.272 e. The van der Waals surface area contributed by atoms with Crippen molar-refractivity contribution in [1.29, 1.82) is 0 Å². The second-order valence-electron chi connectivity index (χ2n) is 10.3. The molecule has 0 bridgehead atoms. The lowest BCUT2D eigenvalue weighted by atomic mass is 10.1. The number of benzene rings is 1. The molecule has 1 aromatic carbocycles. The van der Waals surface area contributed by atoms with Crippen molar-refractivity contribution in [3.05, 3.63) is 42.1 Å². The van der Waals surface area contributed by atoms with Gasteiger partial charge in [0, 0.05) is 19.0 Å². The summed E-state index contributed by atoms with van der Waals surface area (Å²) in [5.74, 6) is 1.98. The number of likely N-dealkylation sites (tertiary alicyclic amines) is 1. The van der Waals surface area contributed by atoms with Gasteiger partial charge in [0.05, 0.1) is 31.5 Å². The van der Waals surface area contributed by atoms with Crippen molar-refractivity contribution >= 4 is 5.91 Å². The Bertz CT molecular complexity index is 1160. The molecule has 1 aliphatic carbocycles. The molecule has 2 aliphatic rings. The molecule has 38 heavy (non-hydrogen) atoms. The number of nitrogens with zero attached hydrogens (tertiary/aromatic N) is 5. The van der Waals surface area contributed by atoms with Crippen molar-refractivity contribution in [2.24, 2.45) is 0 Å². The van der Waals surface area contributed by atoms with Crippen LogP contribution in [-0.4, -0.2) is 75.7 Å². The molecule has 2 N–H and O–H groups in total. The highest BCUT2D eigenvalue weighted by Gasteiger charge is 2.28. The average Bonchev–Trinajstić information content (AvgIpc) is 3.74. The summed E-state index contributed by atoms with van der Waals surface area (Å²) in [4.78, 5) is 19.2. The van der Waals surface area contributed by atoms with Crippen LogP contribution in [0.3, 0.4) is 0 Å². The summed E-state index contributed by atoms with van der Waals surface area (Å²) < 4.78 is 13.4. The van der Waals surface area contributed by atoms with Gasteiger partial charge < -0.3 is 24.7 Å². The third-order valence-electron chi connectivity index (χ3n) is 7.81. The minimum Gasteiger partial charge on any atom is -0.496 e. The first-order valence-electron chi connectivity index (χ1n) is 13.9. The highest BCUT2D eigenvalue weighted by Crippen LogP contribution is 2.41. The summed E-state index contributed by atoms with van der Waals surface area (Å²) in [6.45, 7) is 3.19. The molecule has 1 unspecified atom stereocenters. The lowest BCUT2D eigenvalue weighted by Gasteiger charge is -2.28. The molecule has 10 nitrogen and oxygen atoms in total. The van der Waals surface area contributed by atoms with Gasteiger partial charge in [-0.15, -0.1) is 10.2 Å². The zero-order chi connectivity index (χ0) is 26.3. The Hall–Kier alpha value is -3.40. The molecule has 3 heterocycles. The number of amides is 1. The monoisotopic (exact) mass is 521 g/mol. The molecule has 3 aromatic rings. The maximum Gasteiger partial charge on any atom is 0.272 e. The molecule has 2 fully saturated rings. The first kappa shape index (κ1) is 26.2. The lowest BCUT2D eigenvalue weighted by molar-refractivity contribution is 0.0923. The van der Waals surface area contributed by atoms with E-state index in [-0.39, 0.29) is 18.0 Å². The fraction of sp³-hybridized carbons (Fsp3) is 0.571. The maximum atomic E-state index is 13.6. The normalized spacial score (nSPS) is 17.4. The second-order valence-corrected chi connectivity index (χ2v) is 10.3. The van der Waals surface area contributed by atoms with Gasteiger partial charge in [-0.2, -0.15) is 5.10 Å². The van der Waals surface area contributed by atoms with E-state index in [0.717, 1.165) is 68.8 Å². The molecule has 0 radical (unpaired) electrons. The summed E-state index contributed by atoms with van der Waals surface area (Å²) in [7, 11) is 3.30. The van der Waals surface area contributed by atoms with Crippen LogP contribution >= 0.6 is 0 Å². The molecule has 204 valence electrons. The Labute approximate surface area is 224 Å². The van der Waals surface area contributed by atoms with Crippen molar-refractivity contribution in [2.75, 3.05) is 33.9 Å². The zero-order valence-corrected chi connectivity index (χ0v) is 22.5. The maximum absolute atomic E-state index is 13.6. The number of piperidine rings is 1. The van der Waals surface area contributed by atoms with E-state index in [1.807, 2.05) is 28.9 Å². The van der Waals surface area contributed by atoms with E-state index in [2.05, 4.69) is 25.4 Å². The third-order valence-corrected chi connectivity index (χ3v) is 7.81. The number of methoxy groups -OCH3 is 2. The number of H-pyrrole nitrogens is 1. The van der Waals surface area contributed by atoms with Gasteiger partial charge in [0.1, 0.15) is 23.7 Å². The molecular weight excluding hydrogens is 482 g/mol. The minimum atomic E-state index is -0.181. The Morgan fingerprint density at radius 2 is 1.84 bits per heavy atom. The van der Waals surface area contributed by atoms with Gasteiger partial charge in [-0.3, -0.25) is 9.48 Å². The van der Waals surface area contributed by atoms with Gasteiger partial charge >= 0.3 is 0 Å². The molecule has 2 aromatic heterocycles. The van der Waals surface area contributed by atoms with Gasteiger partial charge in [0.2, 0.25) is 0 Å². The van der Waals surface area contributed by atoms with Crippen molar-refractivity contribution in [1.82, 2.24) is 35.2 Å². The average molecular weight is 522 g/mol. The van der Waals surface area contributed by atoms with Crippen LogP contribution in [0.25, 0.3) is 11.3 Å². The van der Waals surface area contributed by atoms with E-state index < -0.39 is 0 Å². The van der Waals surface area contributed by atoms with E-state index in [9.17, 15) is 4.79 Å². The molecular formula is C28H39N7O3. The zero-order valence-electron chi connectivity index (χ0n) is 22.5. The number of aromatic nitrogens is 5. The first-order valence-corrected chi connectivity index (χ1v) is 13.9. The van der Waals surface area contributed by atoms with Crippen LogP contribution in [0.5, 0.6) is 11.5 Å². The van der Waals surface area contributed by atoms with Gasteiger partial charge in [-0.1, -0.05) is 25.3 Å². The summed E-state index contributed by atoms with van der Waals surface area (Å²) in [5, 5.41) is 16.2. The summed E-state index contributed by atoms with van der Waals surface area (Å²) in [6, 6.07) is 7.77. The van der Waals surface area contributed by atoms with Gasteiger partial charge in [0.15, 0.2) is 5.69 Å². The molecule has 1 saturated carbocycles. The minimum absolute atomic E-state index is 0.0849. The van der Waals surface area contributed by atoms with Crippen LogP contribution in [0.15, 0.2) is 30.6 Å². The van der Waals surface area contributed by atoms with E-state index in [4.69, 9.17) is 14.6 Å². The van der Waals surface area contributed by atoms with Crippen LogP contribution in [-0.2, 0) is 6.42 Å². The fourth-order valence-corrected chi connectivity index (χ4v) is 5.79. The molecule has 1 amide bonds. The Kier molecular flexibility index (Phi) is 8.58. The third kappa shape index (κ3) is 6.01. The number of hydrogen-bond acceptors (Lipinski definition) is 7. The quantitative estimate of drug-likeness (QED) is 0.392. The lowest BCUT2D eigenvalue weighted by Crippen LogP contribution is -2.40. The molecule has 0 spiro atoms. The van der Waals surface area contributed by atoms with Crippen LogP contribution in [0.4, 0.5) is 0 Å². The van der Waals surface area contributed by atoms with Crippen molar-refractivity contribution in [3.8, 4) is 22.8 Å². The largest absolute Gasteiger partial charge is 0.496 e. The highest BCUT2D eigenvalue weighted by molar-refractivity contribution is 5.94. The Morgan fingerprint density at radius 1 is 1.11 bits per heavy atom. The van der Waals surface area contributed by atoms with Crippen molar-refractivity contribution < 1.29 is 14.3 Å². The number of carbonyl (C=O) groups is 1. The fourth-order valence-electron chi connectivity index (χ4n) is 5.79. The summed E-state index contributed by atoms with van der Waals surface area (Å²) >= 11 is 0. The number of carbonyl (C=O) groups excluding carboxylic acids is 1. The van der Waals surface area contributed by atoms with Crippen LogP contribution in [0.1, 0.15) is 73.7 Å². The summed E-state index contributed by atoms with van der Waals surface area (Å²) in [6.07, 6.45) is 11.2. The van der Waals surface area contributed by atoms with Crippen molar-refractivity contribution in [3.63, 3.8) is 0 Å². The molecule has 1 atom stereocenters. The van der Waals surface area contributed by atoms with Crippen LogP contribution in [0, 0.1) is 0 Å². The van der Waals surface area contributed by atoms with Gasteiger partial charge in [-0.05, 0) is 63.4 Å². The second kappa shape index (κ2) is 12.4. The standard InChI is InChI=1S/C28H39N7O3/c1-37-24-11-8-12-25(38-2)27(24)23-18-22(33-35(23)21-9-4-5-10-21)28(36)31-20(17-26-29-19-30-32-26)13-16-34-14-6-3-7-15-34/h8,11-12,18-21H,3-7,9-10,13-17H2,1-2H3,(H,31,36)(H,29,30,32). The number of hydrogen-bond donors (Lipinski definition) is 2. The SMILES string of the molecule is COc1cccc(OC)c1-c1cc(C(=O)NC(CCN2CCCCC2)Cc2nnc[nH]2)nn1C1CCCC1. The van der Waals surface area contributed by atoms with Crippen LogP contribution in [0.2, 0.25) is 0 Å². The first-order chi connectivity index (χ1) is 18.7. The van der Waals surface area contributed by atoms with E-state index in [1.54, 1.807) is 20.5 Å². The number of nitrogens with one attached hydrogen (secondary N) is 2. The molecule has 1 saturated heterocycles. The summed E-state index contributed by atoms with van der Waals surface area (Å²) in [5.41, 5.74) is 2.07. The topological polar surface area (TPSA) is 110 Å². The number of ether oxygens (including phenoxy) is 2. The number of aromatic amines is 1. The van der Waals surface area contributed by atoms with Gasteiger partial charge in [-0.25, -0.2) is 0 Å². The predicted molar refractivity (Wildman–Crippen MR) is 145 cm³/mol.